The molecule has 0 aromatic heterocycles. The van der Waals surface area contributed by atoms with Crippen LogP contribution in [0.1, 0.15) is 44.9 Å². The van der Waals surface area contributed by atoms with E-state index in [0.29, 0.717) is 17.7 Å². The van der Waals surface area contributed by atoms with Crippen molar-refractivity contribution in [2.24, 2.45) is 5.92 Å². The van der Waals surface area contributed by atoms with Gasteiger partial charge in [0, 0.05) is 31.5 Å². The third kappa shape index (κ3) is 2.62. The second kappa shape index (κ2) is 5.70. The number of carbonyl (C=O) groups is 1. The number of ketones is 1. The van der Waals surface area contributed by atoms with Gasteiger partial charge in [0.25, 0.3) is 0 Å². The molecule has 2 unspecified atom stereocenters. The van der Waals surface area contributed by atoms with Gasteiger partial charge >= 0.3 is 0 Å². The number of likely N-dealkylation sites (tertiary alicyclic amines) is 2. The Balaban J connectivity index is 1.52. The molecule has 3 fully saturated rings. The number of hydrogen-bond donors (Lipinski definition) is 0. The Labute approximate surface area is 111 Å². The maximum Gasteiger partial charge on any atom is 0.137 e. The molecule has 3 heteroatoms. The Kier molecular flexibility index (Phi) is 4.00. The first-order valence-electron chi connectivity index (χ1n) is 7.84. The van der Waals surface area contributed by atoms with Crippen LogP contribution in [-0.4, -0.2) is 54.3 Å². The molecular formula is C15H26N2O. The Morgan fingerprint density at radius 3 is 2.50 bits per heavy atom. The molecule has 3 nitrogen and oxygen atoms in total. The molecule has 0 bridgehead atoms. The summed E-state index contributed by atoms with van der Waals surface area (Å²) in [5.41, 5.74) is 0. The molecule has 1 saturated carbocycles. The molecule has 18 heavy (non-hydrogen) atoms. The molecule has 3 rings (SSSR count). The second-order valence-electron chi connectivity index (χ2n) is 6.26. The van der Waals surface area contributed by atoms with Crippen LogP contribution in [0.4, 0.5) is 0 Å². The third-order valence-corrected chi connectivity index (χ3v) is 5.13. The first kappa shape index (κ1) is 12.6. The lowest BCUT2D eigenvalue weighted by atomic mass is 9.95. The van der Waals surface area contributed by atoms with Crippen molar-refractivity contribution in [1.29, 1.82) is 0 Å². The number of rotatable bonds is 4. The van der Waals surface area contributed by atoms with Gasteiger partial charge in [-0.15, -0.1) is 0 Å². The van der Waals surface area contributed by atoms with E-state index in [0.717, 1.165) is 19.3 Å². The fraction of sp³-hybridized carbons (Fsp3) is 0.933. The zero-order valence-corrected chi connectivity index (χ0v) is 11.4. The van der Waals surface area contributed by atoms with Crippen molar-refractivity contribution in [1.82, 2.24) is 9.80 Å². The predicted octanol–water partition coefficient (Wildman–Crippen LogP) is 1.92. The molecule has 2 aliphatic heterocycles. The van der Waals surface area contributed by atoms with Crippen molar-refractivity contribution in [3.8, 4) is 0 Å². The minimum absolute atomic E-state index is 0.381. The molecule has 1 aliphatic carbocycles. The first-order valence-corrected chi connectivity index (χ1v) is 7.84. The van der Waals surface area contributed by atoms with Crippen LogP contribution < -0.4 is 0 Å². The summed E-state index contributed by atoms with van der Waals surface area (Å²) in [7, 11) is 0. The summed E-state index contributed by atoms with van der Waals surface area (Å²) < 4.78 is 0. The largest absolute Gasteiger partial charge is 0.302 e. The predicted molar refractivity (Wildman–Crippen MR) is 72.6 cm³/mol. The monoisotopic (exact) mass is 250 g/mol. The highest BCUT2D eigenvalue weighted by atomic mass is 16.1. The summed E-state index contributed by atoms with van der Waals surface area (Å²) in [6.45, 7) is 6.22. The molecule has 2 saturated heterocycles. The summed E-state index contributed by atoms with van der Waals surface area (Å²) in [4.78, 5) is 17.1. The molecule has 102 valence electrons. The zero-order valence-electron chi connectivity index (χ0n) is 11.4. The van der Waals surface area contributed by atoms with Crippen molar-refractivity contribution >= 4 is 5.78 Å². The lowest BCUT2D eigenvalue weighted by Crippen LogP contribution is -2.41. The van der Waals surface area contributed by atoms with Crippen molar-refractivity contribution in [3.05, 3.63) is 0 Å². The van der Waals surface area contributed by atoms with Crippen LogP contribution >= 0.6 is 0 Å². The van der Waals surface area contributed by atoms with Crippen molar-refractivity contribution in [2.45, 2.75) is 51.0 Å². The van der Waals surface area contributed by atoms with E-state index in [-0.39, 0.29) is 0 Å². The summed E-state index contributed by atoms with van der Waals surface area (Å²) in [5.74, 6) is 0.930. The van der Waals surface area contributed by atoms with E-state index in [2.05, 4.69) is 9.80 Å². The third-order valence-electron chi connectivity index (χ3n) is 5.13. The van der Waals surface area contributed by atoms with Gasteiger partial charge in [0.05, 0.1) is 0 Å². The molecule has 0 spiro atoms. The van der Waals surface area contributed by atoms with Gasteiger partial charge in [-0.05, 0) is 58.2 Å². The first-order chi connectivity index (χ1) is 8.84. The SMILES string of the molecule is O=C1CCCC1C1CCCN1CCN1CCCC1. The Morgan fingerprint density at radius 2 is 1.78 bits per heavy atom. The van der Waals surface area contributed by atoms with Crippen LogP contribution in [0.25, 0.3) is 0 Å². The number of hydrogen-bond acceptors (Lipinski definition) is 3. The topological polar surface area (TPSA) is 23.6 Å². The highest BCUT2D eigenvalue weighted by molar-refractivity contribution is 5.83. The van der Waals surface area contributed by atoms with Gasteiger partial charge in [0.1, 0.15) is 5.78 Å². The molecule has 0 aromatic carbocycles. The molecule has 0 N–H and O–H groups in total. The van der Waals surface area contributed by atoms with E-state index >= 15 is 0 Å². The second-order valence-corrected chi connectivity index (χ2v) is 6.26. The van der Waals surface area contributed by atoms with Gasteiger partial charge in [-0.2, -0.15) is 0 Å². The van der Waals surface area contributed by atoms with Crippen LogP contribution in [0.3, 0.4) is 0 Å². The van der Waals surface area contributed by atoms with Crippen LogP contribution in [0.5, 0.6) is 0 Å². The van der Waals surface area contributed by atoms with Crippen LogP contribution in [0, 0.1) is 5.92 Å². The minimum Gasteiger partial charge on any atom is -0.302 e. The number of nitrogens with zero attached hydrogens (tertiary/aromatic N) is 2. The van der Waals surface area contributed by atoms with Gasteiger partial charge in [0.2, 0.25) is 0 Å². The summed E-state index contributed by atoms with van der Waals surface area (Å²) >= 11 is 0. The molecule has 0 amide bonds. The maximum absolute atomic E-state index is 11.9. The van der Waals surface area contributed by atoms with Crippen molar-refractivity contribution in [3.63, 3.8) is 0 Å². The average Bonchev–Trinajstić information content (AvgIpc) is 3.06. The lowest BCUT2D eigenvalue weighted by molar-refractivity contribution is -0.122. The highest BCUT2D eigenvalue weighted by Gasteiger charge is 2.37. The van der Waals surface area contributed by atoms with Crippen LogP contribution in [0.2, 0.25) is 0 Å². The van der Waals surface area contributed by atoms with Gasteiger partial charge in [-0.25, -0.2) is 0 Å². The van der Waals surface area contributed by atoms with Gasteiger partial charge in [0.15, 0.2) is 0 Å². The summed E-state index contributed by atoms with van der Waals surface area (Å²) in [6, 6.07) is 0.586. The quantitative estimate of drug-likeness (QED) is 0.761. The molecular weight excluding hydrogens is 224 g/mol. The van der Waals surface area contributed by atoms with Crippen LogP contribution in [-0.2, 0) is 4.79 Å². The highest BCUT2D eigenvalue weighted by Crippen LogP contribution is 2.33. The van der Waals surface area contributed by atoms with Crippen LogP contribution in [0.15, 0.2) is 0 Å². The maximum atomic E-state index is 11.9. The van der Waals surface area contributed by atoms with Crippen molar-refractivity contribution in [2.75, 3.05) is 32.7 Å². The van der Waals surface area contributed by atoms with E-state index in [4.69, 9.17) is 0 Å². The Bertz CT molecular complexity index is 299. The molecule has 2 heterocycles. The fourth-order valence-corrected chi connectivity index (χ4v) is 4.11. The molecule has 0 aromatic rings. The zero-order chi connectivity index (χ0) is 12.4. The summed E-state index contributed by atoms with van der Waals surface area (Å²) in [6.07, 6.45) is 8.46. The van der Waals surface area contributed by atoms with Crippen molar-refractivity contribution < 1.29 is 4.79 Å². The van der Waals surface area contributed by atoms with E-state index in [9.17, 15) is 4.79 Å². The van der Waals surface area contributed by atoms with E-state index in [1.54, 1.807) is 0 Å². The van der Waals surface area contributed by atoms with Gasteiger partial charge < -0.3 is 4.90 Å². The normalized spacial score (nSPS) is 34.8. The minimum atomic E-state index is 0.381. The summed E-state index contributed by atoms with van der Waals surface area (Å²) in [5, 5.41) is 0. The Hall–Kier alpha value is -0.410. The lowest BCUT2D eigenvalue weighted by Gasteiger charge is -2.30. The van der Waals surface area contributed by atoms with Gasteiger partial charge in [-0.3, -0.25) is 9.69 Å². The molecule has 2 atom stereocenters. The number of Topliss-reactive ketones (excluding diaryl/α,β-unsaturated/α-hetero) is 1. The van der Waals surface area contributed by atoms with E-state index in [1.165, 1.54) is 58.4 Å². The molecule has 0 radical (unpaired) electrons. The fourth-order valence-electron chi connectivity index (χ4n) is 4.11. The smallest absolute Gasteiger partial charge is 0.137 e. The van der Waals surface area contributed by atoms with E-state index in [1.807, 2.05) is 0 Å². The van der Waals surface area contributed by atoms with Gasteiger partial charge in [-0.1, -0.05) is 0 Å². The molecule has 3 aliphatic rings. The van der Waals surface area contributed by atoms with E-state index < -0.39 is 0 Å². The average molecular weight is 250 g/mol. The number of carbonyl (C=O) groups excluding carboxylic acids is 1. The Morgan fingerprint density at radius 1 is 0.944 bits per heavy atom. The standard InChI is InChI=1S/C15H26N2O/c18-15-7-3-5-13(15)14-6-4-10-17(14)12-11-16-8-1-2-9-16/h13-14H,1-12H2.